The van der Waals surface area contributed by atoms with Crippen LogP contribution in [0.1, 0.15) is 52.5 Å². The van der Waals surface area contributed by atoms with E-state index < -0.39 is 0 Å². The van der Waals surface area contributed by atoms with Crippen molar-refractivity contribution in [2.45, 2.75) is 50.4 Å². The fraction of sp³-hybridized carbons (Fsp3) is 0.765. The van der Waals surface area contributed by atoms with Gasteiger partial charge in [-0.25, -0.2) is 0 Å². The smallest absolute Gasteiger partial charge is 0.0799 e. The highest BCUT2D eigenvalue weighted by Gasteiger charge is 2.29. The maximum absolute atomic E-state index is 5.48. The van der Waals surface area contributed by atoms with Crippen molar-refractivity contribution < 1.29 is 0 Å². The van der Waals surface area contributed by atoms with Gasteiger partial charge in [-0.05, 0) is 52.7 Å². The summed E-state index contributed by atoms with van der Waals surface area (Å²) in [5.41, 5.74) is 2.46. The summed E-state index contributed by atoms with van der Waals surface area (Å²) in [6.07, 6.45) is 3.63. The van der Waals surface area contributed by atoms with Crippen molar-refractivity contribution in [2.75, 3.05) is 38.1 Å². The summed E-state index contributed by atoms with van der Waals surface area (Å²) >= 11 is 13.4. The summed E-state index contributed by atoms with van der Waals surface area (Å²) in [7, 11) is 2.15. The third-order valence-corrected chi connectivity index (χ3v) is 5.38. The molecule has 0 aliphatic rings. The average molecular weight is 452 g/mol. The first-order chi connectivity index (χ1) is 10.2. The zero-order valence-corrected chi connectivity index (χ0v) is 18.3. The monoisotopic (exact) mass is 452 g/mol. The summed E-state index contributed by atoms with van der Waals surface area (Å²) in [6.45, 7) is 13.5. The second kappa shape index (κ2) is 9.04. The molecule has 1 aromatic carbocycles. The van der Waals surface area contributed by atoms with Gasteiger partial charge in [-0.15, -0.1) is 0 Å². The summed E-state index contributed by atoms with van der Waals surface area (Å²) in [4.78, 5) is 4.87. The standard InChI is InChI=1S/C17H29IN2S2/c1-6-9-20(10-7-2)12-8-11-19(5)14-13(17(3,4)18)15(21)16(14)22/h6-12H2,1-5H3. The number of anilines is 1. The number of rotatable bonds is 10. The van der Waals surface area contributed by atoms with Gasteiger partial charge >= 0.3 is 0 Å². The molecule has 0 radical (unpaired) electrons. The Labute approximate surface area is 160 Å². The molecule has 5 heteroatoms. The molecule has 0 spiro atoms. The van der Waals surface area contributed by atoms with Crippen LogP contribution in [0.15, 0.2) is 0 Å². The van der Waals surface area contributed by atoms with Gasteiger partial charge in [-0.1, -0.05) is 60.9 Å². The minimum atomic E-state index is 0.0528. The van der Waals surface area contributed by atoms with Crippen molar-refractivity contribution in [2.24, 2.45) is 0 Å². The quantitative estimate of drug-likeness (QED) is 0.257. The Bertz CT molecular complexity index is 535. The second-order valence-electron chi connectivity index (χ2n) is 6.47. The molecule has 0 bridgehead atoms. The summed E-state index contributed by atoms with van der Waals surface area (Å²) < 4.78 is 1.84. The van der Waals surface area contributed by atoms with Crippen LogP contribution in [0.2, 0.25) is 0 Å². The van der Waals surface area contributed by atoms with Crippen LogP contribution in [0.3, 0.4) is 0 Å². The van der Waals surface area contributed by atoms with Crippen LogP contribution >= 0.6 is 47.0 Å². The van der Waals surface area contributed by atoms with Crippen LogP contribution in [-0.2, 0) is 3.42 Å². The van der Waals surface area contributed by atoms with Crippen LogP contribution in [-0.4, -0.2) is 38.1 Å². The molecule has 0 atom stereocenters. The zero-order valence-electron chi connectivity index (χ0n) is 14.5. The third kappa shape index (κ3) is 5.21. The molecule has 0 amide bonds. The Morgan fingerprint density at radius 3 is 1.95 bits per heavy atom. The topological polar surface area (TPSA) is 6.48 Å². The van der Waals surface area contributed by atoms with Crippen LogP contribution in [0.5, 0.6) is 0 Å². The Hall–Kier alpha value is 0.410. The number of halogens is 1. The molecule has 0 saturated heterocycles. The largest absolute Gasteiger partial charge is 0.373 e. The third-order valence-electron chi connectivity index (χ3n) is 3.91. The molecule has 0 saturated carbocycles. The Balaban J connectivity index is 2.64. The number of nitrogens with zero attached hydrogens (tertiary/aromatic N) is 2. The van der Waals surface area contributed by atoms with Gasteiger partial charge in [-0.2, -0.15) is 0 Å². The lowest BCUT2D eigenvalue weighted by Crippen LogP contribution is -2.31. The minimum absolute atomic E-state index is 0.0528. The van der Waals surface area contributed by atoms with Crippen molar-refractivity contribution in [3.63, 3.8) is 0 Å². The van der Waals surface area contributed by atoms with Gasteiger partial charge in [0.05, 0.1) is 14.7 Å². The number of hydrogen-bond donors (Lipinski definition) is 0. The highest BCUT2D eigenvalue weighted by Crippen LogP contribution is 2.43. The van der Waals surface area contributed by atoms with Crippen molar-refractivity contribution in [1.29, 1.82) is 0 Å². The maximum atomic E-state index is 5.48. The van der Waals surface area contributed by atoms with E-state index in [1.807, 2.05) is 0 Å². The predicted molar refractivity (Wildman–Crippen MR) is 112 cm³/mol. The van der Waals surface area contributed by atoms with Gasteiger partial charge in [0.2, 0.25) is 0 Å². The van der Waals surface area contributed by atoms with Gasteiger partial charge in [0.25, 0.3) is 0 Å². The molecule has 0 heterocycles. The molecule has 0 aliphatic carbocycles. The summed E-state index contributed by atoms with van der Waals surface area (Å²) in [6, 6.07) is 0. The van der Waals surface area contributed by atoms with E-state index in [1.54, 1.807) is 0 Å². The molecule has 0 fully saturated rings. The molecule has 0 N–H and O–H groups in total. The lowest BCUT2D eigenvalue weighted by atomic mass is 9.96. The highest BCUT2D eigenvalue weighted by molar-refractivity contribution is 14.1. The Kier molecular flexibility index (Phi) is 8.40. The van der Waals surface area contributed by atoms with E-state index in [0.29, 0.717) is 0 Å². The van der Waals surface area contributed by atoms with Gasteiger partial charge in [-0.3, -0.25) is 0 Å². The van der Waals surface area contributed by atoms with Gasteiger partial charge < -0.3 is 9.80 Å². The van der Waals surface area contributed by atoms with Gasteiger partial charge in [0, 0.05) is 22.6 Å². The lowest BCUT2D eigenvalue weighted by molar-refractivity contribution is 0.272. The molecule has 0 aromatic heterocycles. The molecular weight excluding hydrogens is 423 g/mol. The Morgan fingerprint density at radius 1 is 0.955 bits per heavy atom. The van der Waals surface area contributed by atoms with E-state index in [-0.39, 0.29) is 3.42 Å². The fourth-order valence-corrected chi connectivity index (χ4v) is 4.42. The molecule has 0 unspecified atom stereocenters. The highest BCUT2D eigenvalue weighted by atomic mass is 127. The number of alkyl halides is 1. The van der Waals surface area contributed by atoms with E-state index in [4.69, 9.17) is 24.4 Å². The SMILES string of the molecule is CCCN(CCC)CCCN(C)c1c(C(C)(C)I)c(=S)c1=S. The zero-order chi connectivity index (χ0) is 16.9. The maximum Gasteiger partial charge on any atom is 0.0799 e. The van der Waals surface area contributed by atoms with Crippen LogP contribution in [0, 0.1) is 9.02 Å². The Morgan fingerprint density at radius 2 is 1.50 bits per heavy atom. The normalized spacial score (nSPS) is 12.3. The first-order valence-corrected chi connectivity index (χ1v) is 10.1. The van der Waals surface area contributed by atoms with Gasteiger partial charge in [0.1, 0.15) is 0 Å². The van der Waals surface area contributed by atoms with Crippen molar-refractivity contribution in [1.82, 2.24) is 4.90 Å². The van der Waals surface area contributed by atoms with E-state index in [1.165, 1.54) is 50.1 Å². The van der Waals surface area contributed by atoms with Crippen molar-refractivity contribution >= 4 is 52.7 Å². The summed E-state index contributed by atoms with van der Waals surface area (Å²) in [5, 5.41) is 0. The predicted octanol–water partition coefficient (Wildman–Crippen LogP) is 5.64. The molecule has 2 nitrogen and oxygen atoms in total. The average Bonchev–Trinajstić information content (AvgIpc) is 2.42. The summed E-state index contributed by atoms with van der Waals surface area (Å²) in [5.74, 6) is 0. The van der Waals surface area contributed by atoms with E-state index in [0.717, 1.165) is 15.6 Å². The first kappa shape index (κ1) is 20.5. The minimum Gasteiger partial charge on any atom is -0.373 e. The molecule has 22 heavy (non-hydrogen) atoms. The fourth-order valence-electron chi connectivity index (χ4n) is 2.91. The van der Waals surface area contributed by atoms with E-state index >= 15 is 0 Å². The van der Waals surface area contributed by atoms with Gasteiger partial charge in [0.15, 0.2) is 0 Å². The lowest BCUT2D eigenvalue weighted by Gasteiger charge is -2.31. The van der Waals surface area contributed by atoms with E-state index in [9.17, 15) is 0 Å². The molecule has 126 valence electrons. The first-order valence-electron chi connectivity index (χ1n) is 8.20. The number of hydrogen-bond acceptors (Lipinski definition) is 4. The molecule has 1 rings (SSSR count). The molecule has 1 aromatic rings. The second-order valence-corrected chi connectivity index (χ2v) is 9.98. The molecular formula is C17H29IN2S2. The van der Waals surface area contributed by atoms with Crippen LogP contribution in [0.25, 0.3) is 0 Å². The van der Waals surface area contributed by atoms with Crippen molar-refractivity contribution in [3.8, 4) is 0 Å². The molecule has 0 aliphatic heterocycles. The van der Waals surface area contributed by atoms with Crippen LogP contribution < -0.4 is 4.90 Å². The van der Waals surface area contributed by atoms with Crippen LogP contribution in [0.4, 0.5) is 5.69 Å². The van der Waals surface area contributed by atoms with E-state index in [2.05, 4.69) is 67.1 Å². The van der Waals surface area contributed by atoms with Crippen molar-refractivity contribution in [3.05, 3.63) is 14.6 Å².